The number of nitrogens with zero attached hydrogens (tertiary/aromatic N) is 1. The first-order chi connectivity index (χ1) is 9.89. The van der Waals surface area contributed by atoms with Gasteiger partial charge in [0.15, 0.2) is 0 Å². The molecule has 112 valence electrons. The van der Waals surface area contributed by atoms with E-state index < -0.39 is 10.0 Å². The molecule has 0 aliphatic heterocycles. The number of sulfonamides is 1. The maximum absolute atomic E-state index is 11.1. The molecule has 2 rings (SSSR count). The Labute approximate surface area is 125 Å². The summed E-state index contributed by atoms with van der Waals surface area (Å²) in [6, 6.07) is 11.5. The SMILES string of the molecule is CO[C@@H](C)c1ccc(-c2ccc(NS(C)(=O)=O)nc2)cc1. The zero-order valence-corrected chi connectivity index (χ0v) is 13.0. The van der Waals surface area contributed by atoms with Crippen LogP contribution < -0.4 is 4.72 Å². The van der Waals surface area contributed by atoms with E-state index in [1.165, 1.54) is 0 Å². The van der Waals surface area contributed by atoms with Crippen molar-refractivity contribution < 1.29 is 13.2 Å². The summed E-state index contributed by atoms with van der Waals surface area (Å²) in [5, 5.41) is 0. The highest BCUT2D eigenvalue weighted by molar-refractivity contribution is 7.92. The number of methoxy groups -OCH3 is 1. The van der Waals surface area contributed by atoms with Crippen molar-refractivity contribution in [2.45, 2.75) is 13.0 Å². The van der Waals surface area contributed by atoms with E-state index in [0.717, 1.165) is 22.9 Å². The van der Waals surface area contributed by atoms with E-state index in [9.17, 15) is 8.42 Å². The van der Waals surface area contributed by atoms with Crippen molar-refractivity contribution >= 4 is 15.8 Å². The lowest BCUT2D eigenvalue weighted by Crippen LogP contribution is -2.10. The molecule has 6 heteroatoms. The van der Waals surface area contributed by atoms with Gasteiger partial charge in [-0.3, -0.25) is 4.72 Å². The van der Waals surface area contributed by atoms with Gasteiger partial charge in [0.2, 0.25) is 10.0 Å². The van der Waals surface area contributed by atoms with E-state index in [1.807, 2.05) is 37.3 Å². The van der Waals surface area contributed by atoms with E-state index in [-0.39, 0.29) is 6.10 Å². The van der Waals surface area contributed by atoms with Crippen LogP contribution in [0.25, 0.3) is 11.1 Å². The fourth-order valence-electron chi connectivity index (χ4n) is 1.90. The van der Waals surface area contributed by atoms with Crippen LogP contribution in [0, 0.1) is 0 Å². The highest BCUT2D eigenvalue weighted by atomic mass is 32.2. The molecule has 5 nitrogen and oxygen atoms in total. The molecule has 0 bridgehead atoms. The predicted molar refractivity (Wildman–Crippen MR) is 83.6 cm³/mol. The van der Waals surface area contributed by atoms with Crippen LogP contribution in [0.15, 0.2) is 42.6 Å². The minimum atomic E-state index is -3.30. The first-order valence-electron chi connectivity index (χ1n) is 6.46. The zero-order chi connectivity index (χ0) is 15.5. The largest absolute Gasteiger partial charge is 0.377 e. The van der Waals surface area contributed by atoms with Crippen LogP contribution in [-0.4, -0.2) is 26.8 Å². The molecule has 2 aromatic rings. The third kappa shape index (κ3) is 4.27. The lowest BCUT2D eigenvalue weighted by atomic mass is 10.0. The summed E-state index contributed by atoms with van der Waals surface area (Å²) >= 11 is 0. The highest BCUT2D eigenvalue weighted by Gasteiger charge is 2.06. The fraction of sp³-hybridized carbons (Fsp3) is 0.267. The number of rotatable bonds is 5. The fourth-order valence-corrected chi connectivity index (χ4v) is 2.40. The van der Waals surface area contributed by atoms with Crippen molar-refractivity contribution in [1.82, 2.24) is 4.98 Å². The molecule has 0 aliphatic rings. The Balaban J connectivity index is 2.19. The first kappa shape index (κ1) is 15.5. The van der Waals surface area contributed by atoms with Gasteiger partial charge in [-0.25, -0.2) is 13.4 Å². The topological polar surface area (TPSA) is 68.3 Å². The maximum Gasteiger partial charge on any atom is 0.230 e. The molecule has 0 unspecified atom stereocenters. The summed E-state index contributed by atoms with van der Waals surface area (Å²) in [5.74, 6) is 0.311. The van der Waals surface area contributed by atoms with Crippen molar-refractivity contribution in [2.75, 3.05) is 18.1 Å². The Hall–Kier alpha value is -1.92. The lowest BCUT2D eigenvalue weighted by molar-refractivity contribution is 0.119. The number of anilines is 1. The van der Waals surface area contributed by atoms with Crippen LogP contribution in [0.2, 0.25) is 0 Å². The minimum absolute atomic E-state index is 0.0542. The van der Waals surface area contributed by atoms with E-state index in [0.29, 0.717) is 5.82 Å². The van der Waals surface area contributed by atoms with Crippen molar-refractivity contribution in [3.05, 3.63) is 48.2 Å². The second kappa shape index (κ2) is 6.24. The second-order valence-electron chi connectivity index (χ2n) is 4.81. The van der Waals surface area contributed by atoms with E-state index in [2.05, 4.69) is 9.71 Å². The van der Waals surface area contributed by atoms with E-state index in [4.69, 9.17) is 4.74 Å². The van der Waals surface area contributed by atoms with Crippen molar-refractivity contribution in [2.24, 2.45) is 0 Å². The Bertz CT molecular complexity index is 695. The molecular formula is C15H18N2O3S. The van der Waals surface area contributed by atoms with Crippen LogP contribution in [0.5, 0.6) is 0 Å². The normalized spacial score (nSPS) is 12.9. The van der Waals surface area contributed by atoms with Gasteiger partial charge in [0.1, 0.15) is 5.82 Å². The highest BCUT2D eigenvalue weighted by Crippen LogP contribution is 2.23. The summed E-state index contributed by atoms with van der Waals surface area (Å²) < 4.78 is 29.8. The van der Waals surface area contributed by atoms with Gasteiger partial charge >= 0.3 is 0 Å². The van der Waals surface area contributed by atoms with Gasteiger partial charge < -0.3 is 4.74 Å². The molecule has 1 atom stereocenters. The quantitative estimate of drug-likeness (QED) is 0.922. The average molecular weight is 306 g/mol. The summed E-state index contributed by atoms with van der Waals surface area (Å²) in [7, 11) is -1.62. The molecule has 0 fully saturated rings. The third-order valence-corrected chi connectivity index (χ3v) is 3.70. The third-order valence-electron chi connectivity index (χ3n) is 3.12. The number of hydrogen-bond acceptors (Lipinski definition) is 4. The van der Waals surface area contributed by atoms with Gasteiger partial charge in [-0.1, -0.05) is 24.3 Å². The molecule has 21 heavy (non-hydrogen) atoms. The van der Waals surface area contributed by atoms with Crippen LogP contribution >= 0.6 is 0 Å². The number of aromatic nitrogens is 1. The molecule has 0 saturated carbocycles. The molecule has 1 heterocycles. The Kier molecular flexibility index (Phi) is 4.59. The number of pyridine rings is 1. The van der Waals surface area contributed by atoms with Gasteiger partial charge in [0, 0.05) is 18.9 Å². The van der Waals surface area contributed by atoms with Gasteiger partial charge in [0.05, 0.1) is 12.4 Å². The van der Waals surface area contributed by atoms with E-state index >= 15 is 0 Å². The Morgan fingerprint density at radius 2 is 1.71 bits per heavy atom. The molecule has 0 amide bonds. The predicted octanol–water partition coefficient (Wildman–Crippen LogP) is 2.83. The molecule has 1 N–H and O–H groups in total. The van der Waals surface area contributed by atoms with Crippen molar-refractivity contribution in [3.8, 4) is 11.1 Å². The second-order valence-corrected chi connectivity index (χ2v) is 6.55. The summed E-state index contributed by atoms with van der Waals surface area (Å²) in [5.41, 5.74) is 3.04. The number of hydrogen-bond donors (Lipinski definition) is 1. The molecule has 1 aromatic carbocycles. The average Bonchev–Trinajstić information content (AvgIpc) is 2.46. The molecule has 0 saturated heterocycles. The summed E-state index contributed by atoms with van der Waals surface area (Å²) in [6.45, 7) is 1.99. The Morgan fingerprint density at radius 1 is 1.10 bits per heavy atom. The van der Waals surface area contributed by atoms with Crippen molar-refractivity contribution in [1.29, 1.82) is 0 Å². The van der Waals surface area contributed by atoms with Gasteiger partial charge in [-0.15, -0.1) is 0 Å². The van der Waals surface area contributed by atoms with E-state index in [1.54, 1.807) is 19.4 Å². The van der Waals surface area contributed by atoms with Gasteiger partial charge in [-0.05, 0) is 30.2 Å². The van der Waals surface area contributed by atoms with Gasteiger partial charge in [-0.2, -0.15) is 0 Å². The smallest absolute Gasteiger partial charge is 0.230 e. The number of ether oxygens (including phenoxy) is 1. The maximum atomic E-state index is 11.1. The number of nitrogens with one attached hydrogen (secondary N) is 1. The molecule has 1 aromatic heterocycles. The standard InChI is InChI=1S/C15H18N2O3S/c1-11(20-2)12-4-6-13(7-5-12)14-8-9-15(16-10-14)17-21(3,18)19/h4-11H,1-3H3,(H,16,17)/t11-/m0/s1. The van der Waals surface area contributed by atoms with Crippen molar-refractivity contribution in [3.63, 3.8) is 0 Å². The Morgan fingerprint density at radius 3 is 2.19 bits per heavy atom. The first-order valence-corrected chi connectivity index (χ1v) is 8.35. The molecule has 0 aliphatic carbocycles. The lowest BCUT2D eigenvalue weighted by Gasteiger charge is -2.10. The monoisotopic (exact) mass is 306 g/mol. The minimum Gasteiger partial charge on any atom is -0.377 e. The summed E-state index contributed by atoms with van der Waals surface area (Å²) in [4.78, 5) is 4.10. The van der Waals surface area contributed by atoms with Gasteiger partial charge in [0.25, 0.3) is 0 Å². The van der Waals surface area contributed by atoms with Crippen LogP contribution in [0.4, 0.5) is 5.82 Å². The molecule has 0 spiro atoms. The molecular weight excluding hydrogens is 288 g/mol. The zero-order valence-electron chi connectivity index (χ0n) is 12.2. The number of benzene rings is 1. The van der Waals surface area contributed by atoms with Crippen LogP contribution in [0.1, 0.15) is 18.6 Å². The van der Waals surface area contributed by atoms with Crippen LogP contribution in [-0.2, 0) is 14.8 Å². The summed E-state index contributed by atoms with van der Waals surface area (Å²) in [6.07, 6.45) is 2.79. The molecule has 0 radical (unpaired) electrons. The van der Waals surface area contributed by atoms with Crippen LogP contribution in [0.3, 0.4) is 0 Å².